The third-order valence-corrected chi connectivity index (χ3v) is 7.88. The van der Waals surface area contributed by atoms with Crippen LogP contribution in [-0.4, -0.2) is 68.5 Å². The molecule has 0 aromatic rings. The molecule has 0 spiro atoms. The van der Waals surface area contributed by atoms with Crippen LogP contribution in [0.1, 0.15) is 110 Å². The van der Waals surface area contributed by atoms with E-state index in [-0.39, 0.29) is 12.5 Å². The number of carbonyl (C=O) groups is 1. The van der Waals surface area contributed by atoms with Crippen LogP contribution in [0.4, 0.5) is 0 Å². The summed E-state index contributed by atoms with van der Waals surface area (Å²) in [6, 6.07) is -0.914. The van der Waals surface area contributed by atoms with E-state index in [1.54, 1.807) is 6.08 Å². The second-order valence-electron chi connectivity index (χ2n) is 12.5. The maximum Gasteiger partial charge on any atom is 0.268 e. The molecule has 0 saturated heterocycles. The van der Waals surface area contributed by atoms with Crippen molar-refractivity contribution in [3.63, 3.8) is 0 Å². The number of rotatable bonds is 29. The lowest BCUT2D eigenvalue weighted by atomic mass is 10.1. The third kappa shape index (κ3) is 30.6. The average Bonchev–Trinajstić information content (AvgIpc) is 2.97. The zero-order valence-corrected chi connectivity index (χ0v) is 29.9. The normalized spacial score (nSPS) is 15.6. The Kier molecular flexibility index (Phi) is 27.3. The van der Waals surface area contributed by atoms with Crippen molar-refractivity contribution >= 4 is 13.7 Å². The van der Waals surface area contributed by atoms with Gasteiger partial charge in [-0.25, -0.2) is 0 Å². The van der Waals surface area contributed by atoms with Gasteiger partial charge in [-0.15, -0.1) is 0 Å². The van der Waals surface area contributed by atoms with E-state index in [0.717, 1.165) is 83.5 Å². The van der Waals surface area contributed by atoms with Gasteiger partial charge in [0.1, 0.15) is 13.2 Å². The molecule has 2 N–H and O–H groups in total. The van der Waals surface area contributed by atoms with Gasteiger partial charge >= 0.3 is 0 Å². The summed E-state index contributed by atoms with van der Waals surface area (Å²) in [7, 11) is 1.21. The Labute approximate surface area is 275 Å². The lowest BCUT2D eigenvalue weighted by molar-refractivity contribution is -0.870. The van der Waals surface area contributed by atoms with Gasteiger partial charge in [-0.3, -0.25) is 9.36 Å². The summed E-state index contributed by atoms with van der Waals surface area (Å²) in [5.41, 5.74) is 0. The molecule has 0 aliphatic heterocycles. The van der Waals surface area contributed by atoms with Gasteiger partial charge in [-0.1, -0.05) is 100 Å². The summed E-state index contributed by atoms with van der Waals surface area (Å²) in [4.78, 5) is 25.0. The van der Waals surface area contributed by atoms with E-state index >= 15 is 0 Å². The quantitative estimate of drug-likeness (QED) is 0.0371. The Morgan fingerprint density at radius 1 is 0.800 bits per heavy atom. The SMILES string of the molecule is CC/C=C/CC/C=C/CC/C=C/C(O)C(COP(=O)([O-])OCC[N+](C)(C)C)NC(=O)CCCCCCC/C=C\C/C=C\CCC. The first-order valence-electron chi connectivity index (χ1n) is 17.2. The van der Waals surface area contributed by atoms with Crippen LogP contribution < -0.4 is 10.2 Å². The first-order valence-corrected chi connectivity index (χ1v) is 18.6. The number of quaternary nitrogens is 1. The summed E-state index contributed by atoms with van der Waals surface area (Å²) in [5.74, 6) is -0.234. The maximum absolute atomic E-state index is 12.7. The highest BCUT2D eigenvalue weighted by Crippen LogP contribution is 2.38. The minimum atomic E-state index is -4.59. The minimum absolute atomic E-state index is 0.0150. The molecule has 3 atom stereocenters. The number of phosphoric acid groups is 1. The molecule has 9 heteroatoms. The maximum atomic E-state index is 12.7. The molecule has 0 heterocycles. The predicted molar refractivity (Wildman–Crippen MR) is 187 cm³/mol. The molecule has 260 valence electrons. The van der Waals surface area contributed by atoms with Gasteiger partial charge in [0.05, 0.1) is 39.9 Å². The summed E-state index contributed by atoms with van der Waals surface area (Å²) in [6.45, 7) is 4.36. The largest absolute Gasteiger partial charge is 0.756 e. The molecule has 0 fully saturated rings. The number of aliphatic hydroxyl groups is 1. The molecule has 0 saturated carbocycles. The fourth-order valence-electron chi connectivity index (χ4n) is 4.17. The number of carbonyl (C=O) groups excluding carboxylic acids is 1. The first-order chi connectivity index (χ1) is 21.5. The first kappa shape index (κ1) is 43.2. The molecule has 0 bridgehead atoms. The van der Waals surface area contributed by atoms with Gasteiger partial charge in [0, 0.05) is 6.42 Å². The second kappa shape index (κ2) is 28.4. The minimum Gasteiger partial charge on any atom is -0.756 e. The number of nitrogens with zero attached hydrogens (tertiary/aromatic N) is 1. The van der Waals surface area contributed by atoms with Crippen LogP contribution in [0, 0.1) is 0 Å². The van der Waals surface area contributed by atoms with E-state index in [1.165, 1.54) is 6.42 Å². The molecular weight excluding hydrogens is 587 g/mol. The number of aliphatic hydroxyl groups excluding tert-OH is 1. The molecular formula is C36H65N2O6P. The fourth-order valence-corrected chi connectivity index (χ4v) is 4.89. The van der Waals surface area contributed by atoms with E-state index < -0.39 is 26.6 Å². The lowest BCUT2D eigenvalue weighted by Crippen LogP contribution is -2.45. The zero-order chi connectivity index (χ0) is 33.7. The third-order valence-electron chi connectivity index (χ3n) is 6.92. The van der Waals surface area contributed by atoms with E-state index in [9.17, 15) is 19.4 Å². The monoisotopic (exact) mass is 652 g/mol. The summed E-state index contributed by atoms with van der Waals surface area (Å²) in [6.07, 6.45) is 34.2. The molecule has 0 rings (SSSR count). The van der Waals surface area contributed by atoms with Crippen molar-refractivity contribution < 1.29 is 32.9 Å². The topological polar surface area (TPSA) is 108 Å². The highest BCUT2D eigenvalue weighted by Gasteiger charge is 2.23. The average molecular weight is 653 g/mol. The van der Waals surface area contributed by atoms with Crippen molar-refractivity contribution in [2.75, 3.05) is 40.9 Å². The molecule has 0 aliphatic carbocycles. The van der Waals surface area contributed by atoms with E-state index in [2.05, 4.69) is 67.8 Å². The number of nitrogens with one attached hydrogen (secondary N) is 1. The Bertz CT molecular complexity index is 923. The number of hydrogen-bond acceptors (Lipinski definition) is 6. The van der Waals surface area contributed by atoms with E-state index in [1.807, 2.05) is 27.2 Å². The highest BCUT2D eigenvalue weighted by molar-refractivity contribution is 7.45. The van der Waals surface area contributed by atoms with Gasteiger partial charge < -0.3 is 28.8 Å². The number of unbranched alkanes of at least 4 members (excludes halogenated alkanes) is 8. The van der Waals surface area contributed by atoms with Crippen molar-refractivity contribution in [1.82, 2.24) is 5.32 Å². The predicted octanol–water partition coefficient (Wildman–Crippen LogP) is 7.71. The Morgan fingerprint density at radius 2 is 1.38 bits per heavy atom. The Hall–Kier alpha value is -1.80. The number of allylic oxidation sites excluding steroid dienone is 9. The van der Waals surface area contributed by atoms with Crippen molar-refractivity contribution in [2.24, 2.45) is 0 Å². The van der Waals surface area contributed by atoms with Crippen molar-refractivity contribution in [2.45, 2.75) is 122 Å². The van der Waals surface area contributed by atoms with Crippen molar-refractivity contribution in [3.8, 4) is 0 Å². The van der Waals surface area contributed by atoms with Crippen molar-refractivity contribution in [3.05, 3.63) is 60.8 Å². The van der Waals surface area contributed by atoms with Crippen LogP contribution in [0.25, 0.3) is 0 Å². The molecule has 0 aromatic carbocycles. The van der Waals surface area contributed by atoms with E-state index in [4.69, 9.17) is 9.05 Å². The van der Waals surface area contributed by atoms with Gasteiger partial charge in [-0.2, -0.15) is 0 Å². The van der Waals surface area contributed by atoms with Crippen molar-refractivity contribution in [1.29, 1.82) is 0 Å². The molecule has 0 aliphatic rings. The molecule has 0 aromatic heterocycles. The molecule has 8 nitrogen and oxygen atoms in total. The number of amides is 1. The van der Waals surface area contributed by atoms with Crippen LogP contribution in [0.15, 0.2) is 60.8 Å². The summed E-state index contributed by atoms with van der Waals surface area (Å²) < 4.78 is 22.9. The lowest BCUT2D eigenvalue weighted by Gasteiger charge is -2.29. The van der Waals surface area contributed by atoms with E-state index in [0.29, 0.717) is 17.4 Å². The van der Waals surface area contributed by atoms with Crippen LogP contribution in [0.5, 0.6) is 0 Å². The number of likely N-dealkylation sites (N-methyl/N-ethyl adjacent to an activating group) is 1. The molecule has 45 heavy (non-hydrogen) atoms. The van der Waals surface area contributed by atoms with Gasteiger partial charge in [0.2, 0.25) is 5.91 Å². The summed E-state index contributed by atoms with van der Waals surface area (Å²) in [5, 5.41) is 13.6. The zero-order valence-electron chi connectivity index (χ0n) is 29.0. The fraction of sp³-hybridized carbons (Fsp3) is 0.694. The van der Waals surface area contributed by atoms with Crippen LogP contribution >= 0.6 is 7.82 Å². The summed E-state index contributed by atoms with van der Waals surface area (Å²) >= 11 is 0. The van der Waals surface area contributed by atoms with Gasteiger partial charge in [0.15, 0.2) is 0 Å². The smallest absolute Gasteiger partial charge is 0.268 e. The molecule has 0 radical (unpaired) electrons. The van der Waals surface area contributed by atoms with Gasteiger partial charge in [-0.05, 0) is 64.2 Å². The molecule has 1 amide bonds. The number of phosphoric ester groups is 1. The van der Waals surface area contributed by atoms with Gasteiger partial charge in [0.25, 0.3) is 7.82 Å². The highest BCUT2D eigenvalue weighted by atomic mass is 31.2. The molecule has 3 unspecified atom stereocenters. The van der Waals surface area contributed by atoms with Crippen LogP contribution in [-0.2, 0) is 18.4 Å². The van der Waals surface area contributed by atoms with Crippen LogP contribution in [0.3, 0.4) is 0 Å². The Morgan fingerprint density at radius 3 is 2.02 bits per heavy atom. The standard InChI is InChI=1S/C36H65N2O6P/c1-6-8-10-12-14-16-18-19-20-22-24-26-28-30-36(40)37-34(33-44-45(41,42)43-32-31-38(3,4)5)35(39)29-27-25-23-21-17-15-13-11-9-7-2/h9-12,16-18,21,27,29,34-35,39H,6-8,13-15,19-20,22-26,28,30-33H2,1-5H3,(H-,37,40,41,42)/b11-9+,12-10-,18-16-,21-17+,29-27+. The Balaban J connectivity index is 4.69. The van der Waals surface area contributed by atoms with Crippen LogP contribution in [0.2, 0.25) is 0 Å². The second-order valence-corrected chi connectivity index (χ2v) is 13.9. The number of hydrogen-bond donors (Lipinski definition) is 2.